The first-order valence-corrected chi connectivity index (χ1v) is 8.26. The predicted octanol–water partition coefficient (Wildman–Crippen LogP) is 4.84. The van der Waals surface area contributed by atoms with Crippen LogP contribution in [0, 0.1) is 0 Å². The van der Waals surface area contributed by atoms with Crippen LogP contribution in [0.15, 0.2) is 51.8 Å². The van der Waals surface area contributed by atoms with Crippen LogP contribution in [0.2, 0.25) is 0 Å². The van der Waals surface area contributed by atoms with E-state index in [4.69, 9.17) is 9.84 Å². The van der Waals surface area contributed by atoms with E-state index in [0.717, 1.165) is 22.0 Å². The van der Waals surface area contributed by atoms with E-state index in [1.54, 1.807) is 23.9 Å². The summed E-state index contributed by atoms with van der Waals surface area (Å²) in [6.45, 7) is 2.58. The van der Waals surface area contributed by atoms with Crippen LogP contribution in [0.3, 0.4) is 0 Å². The molecule has 0 aromatic heterocycles. The van der Waals surface area contributed by atoms with E-state index >= 15 is 0 Å². The zero-order chi connectivity index (χ0) is 15.2. The fraction of sp³-hybridized carbons (Fsp3) is 0.188. The Morgan fingerprint density at radius 1 is 1.29 bits per heavy atom. The van der Waals surface area contributed by atoms with Crippen LogP contribution in [0.5, 0.6) is 5.75 Å². The zero-order valence-electron chi connectivity index (χ0n) is 11.5. The molecule has 0 unspecified atom stereocenters. The number of halogens is 1. The topological polar surface area (TPSA) is 46.5 Å². The summed E-state index contributed by atoms with van der Waals surface area (Å²) in [4.78, 5) is 12.0. The van der Waals surface area contributed by atoms with Gasteiger partial charge in [0.1, 0.15) is 5.75 Å². The molecule has 0 atom stereocenters. The van der Waals surface area contributed by atoms with Gasteiger partial charge >= 0.3 is 5.97 Å². The molecule has 0 aliphatic carbocycles. The number of carboxylic acids is 1. The first kappa shape index (κ1) is 15.9. The first-order valence-electron chi connectivity index (χ1n) is 6.48. The van der Waals surface area contributed by atoms with Crippen molar-refractivity contribution in [3.63, 3.8) is 0 Å². The van der Waals surface area contributed by atoms with Crippen molar-refractivity contribution >= 4 is 33.7 Å². The van der Waals surface area contributed by atoms with Gasteiger partial charge < -0.3 is 9.84 Å². The smallest absolute Gasteiger partial charge is 0.336 e. The first-order chi connectivity index (χ1) is 10.1. The highest BCUT2D eigenvalue weighted by Gasteiger charge is 2.10. The Hall–Kier alpha value is -1.46. The van der Waals surface area contributed by atoms with E-state index in [2.05, 4.69) is 15.9 Å². The van der Waals surface area contributed by atoms with Gasteiger partial charge in [-0.05, 0) is 47.1 Å². The summed E-state index contributed by atoms with van der Waals surface area (Å²) in [6.07, 6.45) is 0. The van der Waals surface area contributed by atoms with Crippen LogP contribution in [0.25, 0.3) is 0 Å². The second-order valence-corrected chi connectivity index (χ2v) is 6.18. The van der Waals surface area contributed by atoms with E-state index < -0.39 is 5.97 Å². The third-order valence-corrected chi connectivity index (χ3v) is 4.57. The highest BCUT2D eigenvalue weighted by molar-refractivity contribution is 9.10. The number of aromatic carboxylic acids is 1. The fourth-order valence-electron chi connectivity index (χ4n) is 1.84. The quantitative estimate of drug-likeness (QED) is 0.743. The summed E-state index contributed by atoms with van der Waals surface area (Å²) in [5, 5.41) is 9.13. The van der Waals surface area contributed by atoms with Crippen molar-refractivity contribution in [1.29, 1.82) is 0 Å². The summed E-state index contributed by atoms with van der Waals surface area (Å²) < 4.78 is 6.18. The van der Waals surface area contributed by atoms with Crippen molar-refractivity contribution in [1.82, 2.24) is 0 Å². The highest BCUT2D eigenvalue weighted by Crippen LogP contribution is 2.30. The molecule has 0 bridgehead atoms. The number of carboxylic acid groups (broad SMARTS) is 1. The van der Waals surface area contributed by atoms with Gasteiger partial charge in [-0.1, -0.05) is 18.2 Å². The molecule has 110 valence electrons. The monoisotopic (exact) mass is 366 g/mol. The van der Waals surface area contributed by atoms with Gasteiger partial charge in [-0.15, -0.1) is 11.8 Å². The molecule has 21 heavy (non-hydrogen) atoms. The number of para-hydroxylation sites is 1. The van der Waals surface area contributed by atoms with Gasteiger partial charge in [-0.25, -0.2) is 4.79 Å². The fourth-order valence-corrected chi connectivity index (χ4v) is 3.18. The molecular weight excluding hydrogens is 352 g/mol. The van der Waals surface area contributed by atoms with Gasteiger partial charge in [0, 0.05) is 20.7 Å². The third kappa shape index (κ3) is 4.25. The number of ether oxygens (including phenoxy) is 1. The van der Waals surface area contributed by atoms with Gasteiger partial charge in [0.25, 0.3) is 0 Å². The Morgan fingerprint density at radius 2 is 2.05 bits per heavy atom. The summed E-state index contributed by atoms with van der Waals surface area (Å²) in [6, 6.07) is 13.2. The van der Waals surface area contributed by atoms with Crippen molar-refractivity contribution in [2.75, 3.05) is 6.61 Å². The Balaban J connectivity index is 2.13. The molecule has 0 radical (unpaired) electrons. The van der Waals surface area contributed by atoms with Crippen LogP contribution >= 0.6 is 27.7 Å². The largest absolute Gasteiger partial charge is 0.494 e. The summed E-state index contributed by atoms with van der Waals surface area (Å²) in [5.41, 5.74) is 1.38. The second kappa shape index (κ2) is 7.52. The molecule has 2 aromatic rings. The molecule has 3 nitrogen and oxygen atoms in total. The van der Waals surface area contributed by atoms with E-state index in [1.165, 1.54) is 0 Å². The minimum atomic E-state index is -0.931. The maximum Gasteiger partial charge on any atom is 0.336 e. The lowest BCUT2D eigenvalue weighted by Gasteiger charge is -2.10. The van der Waals surface area contributed by atoms with Crippen molar-refractivity contribution in [3.05, 3.63) is 58.1 Å². The van der Waals surface area contributed by atoms with Crippen molar-refractivity contribution in [3.8, 4) is 5.75 Å². The summed E-state index contributed by atoms with van der Waals surface area (Å²) in [5.74, 6) is 0.679. The molecule has 0 saturated heterocycles. The van der Waals surface area contributed by atoms with E-state index in [9.17, 15) is 4.79 Å². The Morgan fingerprint density at radius 3 is 2.76 bits per heavy atom. The van der Waals surface area contributed by atoms with E-state index in [-0.39, 0.29) is 5.56 Å². The minimum absolute atomic E-state index is 0.276. The van der Waals surface area contributed by atoms with Crippen molar-refractivity contribution in [2.24, 2.45) is 0 Å². The van der Waals surface area contributed by atoms with Gasteiger partial charge in [0.15, 0.2) is 0 Å². The molecule has 0 fully saturated rings. The van der Waals surface area contributed by atoms with E-state index in [1.807, 2.05) is 37.3 Å². The number of rotatable bonds is 6. The molecule has 0 spiro atoms. The number of benzene rings is 2. The van der Waals surface area contributed by atoms with Gasteiger partial charge in [-0.3, -0.25) is 0 Å². The maximum atomic E-state index is 11.1. The standard InChI is InChI=1S/C16H15BrO3S/c1-2-20-15-6-4-3-5-11(15)10-21-12-7-8-14(17)13(9-12)16(18)19/h3-9H,2,10H2,1H3,(H,18,19). The molecule has 0 aliphatic rings. The van der Waals surface area contributed by atoms with Gasteiger partial charge in [0.05, 0.1) is 12.2 Å². The average Bonchev–Trinajstić information content (AvgIpc) is 2.47. The molecular formula is C16H15BrO3S. The SMILES string of the molecule is CCOc1ccccc1CSc1ccc(Br)c(C(=O)O)c1. The summed E-state index contributed by atoms with van der Waals surface area (Å²) in [7, 11) is 0. The van der Waals surface area contributed by atoms with Crippen molar-refractivity contribution < 1.29 is 14.6 Å². The molecule has 0 aliphatic heterocycles. The van der Waals surface area contributed by atoms with E-state index in [0.29, 0.717) is 11.1 Å². The average molecular weight is 367 g/mol. The number of carbonyl (C=O) groups is 1. The summed E-state index contributed by atoms with van der Waals surface area (Å²) >= 11 is 4.84. The van der Waals surface area contributed by atoms with Crippen LogP contribution < -0.4 is 4.74 Å². The lowest BCUT2D eigenvalue weighted by Crippen LogP contribution is -1.98. The third-order valence-electron chi connectivity index (χ3n) is 2.84. The number of thioether (sulfide) groups is 1. The Kier molecular flexibility index (Phi) is 5.70. The predicted molar refractivity (Wildman–Crippen MR) is 88.3 cm³/mol. The van der Waals surface area contributed by atoms with Crippen LogP contribution in [-0.2, 0) is 5.75 Å². The maximum absolute atomic E-state index is 11.1. The Bertz CT molecular complexity index is 643. The molecule has 0 saturated carbocycles. The van der Waals surface area contributed by atoms with Crippen LogP contribution in [-0.4, -0.2) is 17.7 Å². The number of hydrogen-bond donors (Lipinski definition) is 1. The Labute approximate surface area is 136 Å². The van der Waals surface area contributed by atoms with Gasteiger partial charge in [0.2, 0.25) is 0 Å². The molecule has 5 heteroatoms. The molecule has 0 heterocycles. The number of hydrogen-bond acceptors (Lipinski definition) is 3. The lowest BCUT2D eigenvalue weighted by atomic mass is 10.2. The second-order valence-electron chi connectivity index (χ2n) is 4.28. The normalized spacial score (nSPS) is 10.4. The van der Waals surface area contributed by atoms with Crippen LogP contribution in [0.1, 0.15) is 22.8 Å². The molecule has 2 rings (SSSR count). The van der Waals surface area contributed by atoms with Crippen LogP contribution in [0.4, 0.5) is 0 Å². The van der Waals surface area contributed by atoms with Crippen molar-refractivity contribution in [2.45, 2.75) is 17.6 Å². The molecule has 1 N–H and O–H groups in total. The van der Waals surface area contributed by atoms with Gasteiger partial charge in [-0.2, -0.15) is 0 Å². The molecule has 0 amide bonds. The zero-order valence-corrected chi connectivity index (χ0v) is 13.9. The lowest BCUT2D eigenvalue weighted by molar-refractivity contribution is 0.0695. The highest BCUT2D eigenvalue weighted by atomic mass is 79.9. The molecule has 2 aromatic carbocycles. The minimum Gasteiger partial charge on any atom is -0.494 e.